The van der Waals surface area contributed by atoms with Crippen molar-refractivity contribution in [2.75, 3.05) is 12.8 Å². The minimum absolute atomic E-state index is 0.0117. The smallest absolute Gasteiger partial charge is 0.260 e. The third kappa shape index (κ3) is 1.56. The molecule has 2 N–H and O–H groups in total. The van der Waals surface area contributed by atoms with Crippen LogP contribution in [0.25, 0.3) is 0 Å². The van der Waals surface area contributed by atoms with Gasteiger partial charge in [-0.3, -0.25) is 0 Å². The van der Waals surface area contributed by atoms with E-state index in [-0.39, 0.29) is 13.0 Å². The summed E-state index contributed by atoms with van der Waals surface area (Å²) in [4.78, 5) is 1.00. The van der Waals surface area contributed by atoms with Crippen LogP contribution in [0.1, 0.15) is 12.0 Å². The molecule has 1 aromatic carbocycles. The molecule has 0 spiro atoms. The minimum Gasteiger partial charge on any atom is -0.329 e. The van der Waals surface area contributed by atoms with Gasteiger partial charge in [0.2, 0.25) is 0 Å². The van der Waals surface area contributed by atoms with Crippen molar-refractivity contribution in [3.05, 3.63) is 29.8 Å². The number of thioether (sulfide) groups is 1. The first-order valence-electron chi connectivity index (χ1n) is 4.78. The molecule has 1 atom stereocenters. The molecule has 4 heteroatoms. The Morgan fingerprint density at radius 2 is 2.13 bits per heavy atom. The standard InChI is InChI=1S/C11H13F2NS/c1-15-9-4-2-3-8(5-9)10(7-14)6-11(10,12)13/h2-5H,6-7,14H2,1H3. The van der Waals surface area contributed by atoms with Crippen molar-refractivity contribution >= 4 is 11.8 Å². The largest absolute Gasteiger partial charge is 0.329 e. The summed E-state index contributed by atoms with van der Waals surface area (Å²) in [6.07, 6.45) is 1.81. The van der Waals surface area contributed by atoms with E-state index in [9.17, 15) is 8.78 Å². The number of hydrogen-bond donors (Lipinski definition) is 1. The lowest BCUT2D eigenvalue weighted by Crippen LogP contribution is -2.26. The lowest BCUT2D eigenvalue weighted by Gasteiger charge is -2.14. The maximum atomic E-state index is 13.3. The Labute approximate surface area is 92.0 Å². The number of nitrogens with two attached hydrogens (primary N) is 1. The first-order chi connectivity index (χ1) is 7.05. The van der Waals surface area contributed by atoms with E-state index < -0.39 is 11.3 Å². The molecule has 0 heterocycles. The Balaban J connectivity index is 2.37. The second-order valence-electron chi connectivity index (χ2n) is 3.90. The van der Waals surface area contributed by atoms with Gasteiger partial charge in [-0.05, 0) is 24.0 Å². The van der Waals surface area contributed by atoms with Crippen molar-refractivity contribution in [1.29, 1.82) is 0 Å². The summed E-state index contributed by atoms with van der Waals surface area (Å²) in [5.41, 5.74) is 5.05. The fourth-order valence-electron chi connectivity index (χ4n) is 1.91. The van der Waals surface area contributed by atoms with Gasteiger partial charge >= 0.3 is 0 Å². The van der Waals surface area contributed by atoms with Crippen LogP contribution in [0.3, 0.4) is 0 Å². The number of halogens is 2. The van der Waals surface area contributed by atoms with E-state index in [1.54, 1.807) is 17.8 Å². The molecule has 1 saturated carbocycles. The van der Waals surface area contributed by atoms with Gasteiger partial charge in [0, 0.05) is 17.9 Å². The van der Waals surface area contributed by atoms with Crippen LogP contribution in [0.4, 0.5) is 8.78 Å². The molecular formula is C11H13F2NS. The van der Waals surface area contributed by atoms with Gasteiger partial charge < -0.3 is 5.73 Å². The first kappa shape index (κ1) is 10.9. The Bertz CT molecular complexity index is 381. The predicted octanol–water partition coefficient (Wildman–Crippen LogP) is 2.64. The molecule has 1 aliphatic rings. The Kier molecular flexibility index (Phi) is 2.51. The highest BCUT2D eigenvalue weighted by molar-refractivity contribution is 7.98. The third-order valence-corrected chi connectivity index (χ3v) is 3.80. The van der Waals surface area contributed by atoms with Crippen LogP contribution in [0.2, 0.25) is 0 Å². The summed E-state index contributed by atoms with van der Waals surface area (Å²) in [5, 5.41) is 0. The average Bonchev–Trinajstić information content (AvgIpc) is 2.82. The van der Waals surface area contributed by atoms with E-state index in [0.29, 0.717) is 5.56 Å². The Morgan fingerprint density at radius 3 is 2.60 bits per heavy atom. The summed E-state index contributed by atoms with van der Waals surface area (Å²) in [6.45, 7) is 0.0117. The molecular weight excluding hydrogens is 216 g/mol. The van der Waals surface area contributed by atoms with Crippen LogP contribution in [-0.2, 0) is 5.41 Å². The SMILES string of the molecule is CSc1cccc(C2(CN)CC2(F)F)c1. The highest BCUT2D eigenvalue weighted by Crippen LogP contribution is 2.61. The molecule has 1 nitrogen and oxygen atoms in total. The molecule has 0 amide bonds. The van der Waals surface area contributed by atoms with Gasteiger partial charge in [-0.1, -0.05) is 12.1 Å². The van der Waals surface area contributed by atoms with Gasteiger partial charge in [-0.2, -0.15) is 0 Å². The normalized spacial score (nSPS) is 27.7. The van der Waals surface area contributed by atoms with E-state index in [4.69, 9.17) is 5.73 Å². The molecule has 0 bridgehead atoms. The summed E-state index contributed by atoms with van der Waals surface area (Å²) < 4.78 is 26.6. The Hall–Kier alpha value is -0.610. The molecule has 0 aromatic heterocycles. The second kappa shape index (κ2) is 3.46. The quantitative estimate of drug-likeness (QED) is 0.806. The molecule has 1 fully saturated rings. The van der Waals surface area contributed by atoms with E-state index in [1.165, 1.54) is 0 Å². The summed E-state index contributed by atoms with van der Waals surface area (Å²) >= 11 is 1.55. The van der Waals surface area contributed by atoms with E-state index in [1.807, 2.05) is 24.5 Å². The maximum absolute atomic E-state index is 13.3. The van der Waals surface area contributed by atoms with Crippen molar-refractivity contribution in [2.24, 2.45) is 5.73 Å². The molecule has 1 unspecified atom stereocenters. The van der Waals surface area contributed by atoms with Crippen LogP contribution < -0.4 is 5.73 Å². The molecule has 1 aliphatic carbocycles. The van der Waals surface area contributed by atoms with Crippen LogP contribution in [0.5, 0.6) is 0 Å². The third-order valence-electron chi connectivity index (χ3n) is 3.07. The zero-order valence-electron chi connectivity index (χ0n) is 8.47. The first-order valence-corrected chi connectivity index (χ1v) is 6.01. The number of benzene rings is 1. The van der Waals surface area contributed by atoms with Gasteiger partial charge in [-0.25, -0.2) is 8.78 Å². The number of hydrogen-bond acceptors (Lipinski definition) is 2. The van der Waals surface area contributed by atoms with Gasteiger partial charge in [0.25, 0.3) is 5.92 Å². The van der Waals surface area contributed by atoms with Crippen molar-refractivity contribution in [3.63, 3.8) is 0 Å². The molecule has 82 valence electrons. The fraction of sp³-hybridized carbons (Fsp3) is 0.455. The van der Waals surface area contributed by atoms with Crippen molar-refractivity contribution in [3.8, 4) is 0 Å². The molecule has 15 heavy (non-hydrogen) atoms. The summed E-state index contributed by atoms with van der Waals surface area (Å²) in [7, 11) is 0. The summed E-state index contributed by atoms with van der Waals surface area (Å²) in [6, 6.07) is 7.29. The Morgan fingerprint density at radius 1 is 1.47 bits per heavy atom. The van der Waals surface area contributed by atoms with Crippen molar-refractivity contribution in [2.45, 2.75) is 22.7 Å². The van der Waals surface area contributed by atoms with E-state index in [2.05, 4.69) is 0 Å². The van der Waals surface area contributed by atoms with Gasteiger partial charge in [0.1, 0.15) is 0 Å². The van der Waals surface area contributed by atoms with Crippen LogP contribution in [0.15, 0.2) is 29.2 Å². The van der Waals surface area contributed by atoms with Crippen molar-refractivity contribution in [1.82, 2.24) is 0 Å². The highest BCUT2D eigenvalue weighted by atomic mass is 32.2. The zero-order valence-corrected chi connectivity index (χ0v) is 9.28. The molecule has 0 saturated heterocycles. The van der Waals surface area contributed by atoms with Gasteiger partial charge in [0.15, 0.2) is 0 Å². The average molecular weight is 229 g/mol. The zero-order chi connectivity index (χ0) is 11.1. The topological polar surface area (TPSA) is 26.0 Å². The number of alkyl halides is 2. The van der Waals surface area contributed by atoms with Crippen LogP contribution >= 0.6 is 11.8 Å². The van der Waals surface area contributed by atoms with Crippen LogP contribution in [-0.4, -0.2) is 18.7 Å². The number of rotatable bonds is 3. The maximum Gasteiger partial charge on any atom is 0.260 e. The molecule has 0 aliphatic heterocycles. The lowest BCUT2D eigenvalue weighted by molar-refractivity contribution is 0.0896. The predicted molar refractivity (Wildman–Crippen MR) is 58.5 cm³/mol. The van der Waals surface area contributed by atoms with Gasteiger partial charge in [0.05, 0.1) is 5.41 Å². The van der Waals surface area contributed by atoms with Gasteiger partial charge in [-0.15, -0.1) is 11.8 Å². The summed E-state index contributed by atoms with van der Waals surface area (Å²) in [5.74, 6) is -2.63. The highest BCUT2D eigenvalue weighted by Gasteiger charge is 2.71. The van der Waals surface area contributed by atoms with Crippen LogP contribution in [0, 0.1) is 0 Å². The van der Waals surface area contributed by atoms with E-state index >= 15 is 0 Å². The fourth-order valence-corrected chi connectivity index (χ4v) is 2.37. The molecule has 1 aromatic rings. The molecule has 0 radical (unpaired) electrons. The van der Waals surface area contributed by atoms with E-state index in [0.717, 1.165) is 4.90 Å². The van der Waals surface area contributed by atoms with Crippen molar-refractivity contribution < 1.29 is 8.78 Å². The molecule has 2 rings (SSSR count). The monoisotopic (exact) mass is 229 g/mol. The minimum atomic E-state index is -2.63. The second-order valence-corrected chi connectivity index (χ2v) is 4.78. The lowest BCUT2D eigenvalue weighted by atomic mass is 9.95.